The smallest absolute Gasteiger partial charge is 0.253 e. The first kappa shape index (κ1) is 19.2. The molecule has 0 saturated carbocycles. The van der Waals surface area contributed by atoms with Crippen LogP contribution in [0.3, 0.4) is 0 Å². The Morgan fingerprint density at radius 1 is 1.07 bits per heavy atom. The monoisotopic (exact) mass is 397 g/mol. The summed E-state index contributed by atoms with van der Waals surface area (Å²) < 4.78 is 11.4. The van der Waals surface area contributed by atoms with Gasteiger partial charge in [0.25, 0.3) is 5.91 Å². The van der Waals surface area contributed by atoms with Crippen molar-refractivity contribution in [1.29, 1.82) is 5.26 Å². The molecular formula is C24H19N3O3. The fraction of sp³-hybridized carbons (Fsp3) is 0.125. The minimum Gasteiger partial charge on any atom is -0.495 e. The van der Waals surface area contributed by atoms with Crippen molar-refractivity contribution in [2.24, 2.45) is 0 Å². The highest BCUT2D eigenvalue weighted by molar-refractivity contribution is 5.95. The van der Waals surface area contributed by atoms with Crippen LogP contribution in [0.5, 0.6) is 5.75 Å². The van der Waals surface area contributed by atoms with E-state index in [-0.39, 0.29) is 5.91 Å². The Hall–Kier alpha value is -4.11. The Bertz CT molecular complexity index is 1280. The quantitative estimate of drug-likeness (QED) is 0.497. The number of carbonyl (C=O) groups is 1. The van der Waals surface area contributed by atoms with Crippen LogP contribution in [0, 0.1) is 11.3 Å². The maximum atomic E-state index is 12.1. The van der Waals surface area contributed by atoms with Crippen LogP contribution < -0.4 is 4.74 Å². The number of carbonyl (C=O) groups excluding carboxylic acids is 1. The second-order valence-electron chi connectivity index (χ2n) is 6.99. The van der Waals surface area contributed by atoms with E-state index in [1.165, 1.54) is 12.0 Å². The van der Waals surface area contributed by atoms with E-state index in [0.717, 1.165) is 16.7 Å². The molecular weight excluding hydrogens is 378 g/mol. The Morgan fingerprint density at radius 2 is 1.80 bits per heavy atom. The third kappa shape index (κ3) is 3.38. The zero-order valence-electron chi connectivity index (χ0n) is 16.8. The molecule has 0 aliphatic heterocycles. The fourth-order valence-electron chi connectivity index (χ4n) is 3.31. The van der Waals surface area contributed by atoms with Crippen LogP contribution in [0.2, 0.25) is 0 Å². The minimum absolute atomic E-state index is 0.0529. The predicted octanol–water partition coefficient (Wildman–Crippen LogP) is 4.74. The molecule has 0 spiro atoms. The Labute approximate surface area is 173 Å². The van der Waals surface area contributed by atoms with Crippen LogP contribution in [-0.2, 0) is 0 Å². The topological polar surface area (TPSA) is 79.4 Å². The number of hydrogen-bond acceptors (Lipinski definition) is 5. The van der Waals surface area contributed by atoms with E-state index in [2.05, 4.69) is 11.1 Å². The van der Waals surface area contributed by atoms with Crippen LogP contribution >= 0.6 is 0 Å². The van der Waals surface area contributed by atoms with Gasteiger partial charge in [0.15, 0.2) is 5.58 Å². The van der Waals surface area contributed by atoms with Crippen LogP contribution in [-0.4, -0.2) is 37.0 Å². The van der Waals surface area contributed by atoms with E-state index in [4.69, 9.17) is 9.15 Å². The van der Waals surface area contributed by atoms with Gasteiger partial charge >= 0.3 is 0 Å². The lowest BCUT2D eigenvalue weighted by molar-refractivity contribution is 0.0827. The lowest BCUT2D eigenvalue weighted by Gasteiger charge is -2.10. The SMILES string of the molecule is COc1ccc(-c2ccnc3cc(-c4ccc(C(=O)N(C)C)cc4)oc23)cc1C#N. The van der Waals surface area contributed by atoms with Crippen molar-refractivity contribution in [1.82, 2.24) is 9.88 Å². The number of amides is 1. The number of hydrogen-bond donors (Lipinski definition) is 0. The van der Waals surface area contributed by atoms with Gasteiger partial charge in [-0.05, 0) is 35.9 Å². The van der Waals surface area contributed by atoms with Gasteiger partial charge in [-0.2, -0.15) is 5.26 Å². The van der Waals surface area contributed by atoms with Gasteiger partial charge in [-0.3, -0.25) is 9.78 Å². The number of furan rings is 1. The van der Waals surface area contributed by atoms with E-state index < -0.39 is 0 Å². The second kappa shape index (κ2) is 7.72. The minimum atomic E-state index is -0.0529. The van der Waals surface area contributed by atoms with Crippen molar-refractivity contribution in [3.63, 3.8) is 0 Å². The molecule has 6 nitrogen and oxygen atoms in total. The summed E-state index contributed by atoms with van der Waals surface area (Å²) >= 11 is 0. The zero-order chi connectivity index (χ0) is 21.3. The van der Waals surface area contributed by atoms with Crippen LogP contribution in [0.1, 0.15) is 15.9 Å². The highest BCUT2D eigenvalue weighted by atomic mass is 16.5. The number of nitriles is 1. The Kier molecular flexibility index (Phi) is 4.95. The molecule has 148 valence electrons. The number of aromatic nitrogens is 1. The Balaban J connectivity index is 1.76. The third-order valence-corrected chi connectivity index (χ3v) is 4.87. The lowest BCUT2D eigenvalue weighted by atomic mass is 10.0. The zero-order valence-corrected chi connectivity index (χ0v) is 16.8. The molecule has 2 aromatic carbocycles. The summed E-state index contributed by atoms with van der Waals surface area (Å²) in [6, 6.07) is 18.6. The molecule has 0 N–H and O–H groups in total. The summed E-state index contributed by atoms with van der Waals surface area (Å²) in [5, 5.41) is 9.39. The van der Waals surface area contributed by atoms with E-state index in [9.17, 15) is 10.1 Å². The van der Waals surface area contributed by atoms with E-state index in [0.29, 0.717) is 33.7 Å². The standard InChI is InChI=1S/C24H19N3O3/c1-27(2)24(28)16-6-4-15(5-7-16)22-13-20-23(30-22)19(10-11-26-20)17-8-9-21(29-3)18(12-17)14-25/h4-13H,1-3H3. The van der Waals surface area contributed by atoms with Gasteiger partial charge < -0.3 is 14.1 Å². The molecule has 0 bridgehead atoms. The highest BCUT2D eigenvalue weighted by Gasteiger charge is 2.15. The summed E-state index contributed by atoms with van der Waals surface area (Å²) in [5.41, 5.74) is 4.94. The van der Waals surface area contributed by atoms with Gasteiger partial charge in [0.05, 0.1) is 12.7 Å². The molecule has 6 heteroatoms. The summed E-state index contributed by atoms with van der Waals surface area (Å²) in [6.45, 7) is 0. The second-order valence-corrected chi connectivity index (χ2v) is 6.99. The average molecular weight is 397 g/mol. The molecule has 0 atom stereocenters. The number of fused-ring (bicyclic) bond motifs is 1. The number of pyridine rings is 1. The first-order valence-electron chi connectivity index (χ1n) is 9.31. The van der Waals surface area contributed by atoms with E-state index in [1.807, 2.05) is 30.3 Å². The average Bonchev–Trinajstić information content (AvgIpc) is 3.22. The van der Waals surface area contributed by atoms with Gasteiger partial charge in [-0.1, -0.05) is 18.2 Å². The summed E-state index contributed by atoms with van der Waals surface area (Å²) in [4.78, 5) is 18.0. The van der Waals surface area contributed by atoms with E-state index >= 15 is 0 Å². The molecule has 0 unspecified atom stereocenters. The van der Waals surface area contributed by atoms with Gasteiger partial charge in [0, 0.05) is 43.0 Å². The number of ether oxygens (including phenoxy) is 1. The number of methoxy groups -OCH3 is 1. The first-order valence-corrected chi connectivity index (χ1v) is 9.31. The van der Waals surface area contributed by atoms with Crippen molar-refractivity contribution < 1.29 is 13.9 Å². The summed E-state index contributed by atoms with van der Waals surface area (Å²) in [6.07, 6.45) is 1.71. The van der Waals surface area contributed by atoms with Gasteiger partial charge in [0.1, 0.15) is 23.1 Å². The molecule has 1 amide bonds. The van der Waals surface area contributed by atoms with Crippen molar-refractivity contribution in [3.05, 3.63) is 71.9 Å². The lowest BCUT2D eigenvalue weighted by Crippen LogP contribution is -2.21. The third-order valence-electron chi connectivity index (χ3n) is 4.87. The molecule has 0 fully saturated rings. The maximum absolute atomic E-state index is 12.1. The number of rotatable bonds is 4. The van der Waals surface area contributed by atoms with Gasteiger partial charge in [0.2, 0.25) is 0 Å². The maximum Gasteiger partial charge on any atom is 0.253 e. The van der Waals surface area contributed by atoms with Crippen LogP contribution in [0.4, 0.5) is 0 Å². The normalized spacial score (nSPS) is 10.6. The molecule has 0 aliphatic rings. The molecule has 30 heavy (non-hydrogen) atoms. The summed E-state index contributed by atoms with van der Waals surface area (Å²) in [5.74, 6) is 1.13. The van der Waals surface area contributed by atoms with Gasteiger partial charge in [-0.15, -0.1) is 0 Å². The van der Waals surface area contributed by atoms with Crippen molar-refractivity contribution >= 4 is 17.0 Å². The first-order chi connectivity index (χ1) is 14.5. The van der Waals surface area contributed by atoms with Crippen molar-refractivity contribution in [2.45, 2.75) is 0 Å². The highest BCUT2D eigenvalue weighted by Crippen LogP contribution is 2.35. The molecule has 2 aromatic heterocycles. The molecule has 4 rings (SSSR count). The largest absolute Gasteiger partial charge is 0.495 e. The van der Waals surface area contributed by atoms with E-state index in [1.54, 1.807) is 44.6 Å². The van der Waals surface area contributed by atoms with Crippen molar-refractivity contribution in [3.8, 4) is 34.3 Å². The summed E-state index contributed by atoms with van der Waals surface area (Å²) in [7, 11) is 4.98. The number of nitrogens with zero attached hydrogens (tertiary/aromatic N) is 3. The van der Waals surface area contributed by atoms with Gasteiger partial charge in [-0.25, -0.2) is 0 Å². The molecule has 4 aromatic rings. The Morgan fingerprint density at radius 3 is 2.47 bits per heavy atom. The molecule has 0 aliphatic carbocycles. The van der Waals surface area contributed by atoms with Crippen molar-refractivity contribution in [2.75, 3.05) is 21.2 Å². The molecule has 0 saturated heterocycles. The predicted molar refractivity (Wildman–Crippen MR) is 114 cm³/mol. The molecule has 2 heterocycles. The van der Waals surface area contributed by atoms with Crippen LogP contribution in [0.25, 0.3) is 33.6 Å². The fourth-order valence-corrected chi connectivity index (χ4v) is 3.31. The number of benzene rings is 2. The molecule has 0 radical (unpaired) electrons. The van der Waals surface area contributed by atoms with Crippen LogP contribution in [0.15, 0.2) is 65.2 Å².